The normalized spacial score (nSPS) is 9.82. The molecule has 1 aromatic heterocycles. The van der Waals surface area contributed by atoms with E-state index in [-0.39, 0.29) is 12.3 Å². The van der Waals surface area contributed by atoms with Crippen LogP contribution in [0.2, 0.25) is 0 Å². The van der Waals surface area contributed by atoms with Crippen molar-refractivity contribution < 1.29 is 19.1 Å². The maximum atomic E-state index is 11.7. The Labute approximate surface area is 98.6 Å². The fourth-order valence-electron chi connectivity index (χ4n) is 1.30. The molecule has 0 radical (unpaired) electrons. The van der Waals surface area contributed by atoms with Gasteiger partial charge in [0.05, 0.1) is 7.11 Å². The SMILES string of the molecule is COC(=O)CNC(=O)c1cc(C(C)=O)cn1C. The summed E-state index contributed by atoms with van der Waals surface area (Å²) in [4.78, 5) is 33.6. The van der Waals surface area contributed by atoms with E-state index in [4.69, 9.17) is 0 Å². The van der Waals surface area contributed by atoms with Crippen molar-refractivity contribution in [3.63, 3.8) is 0 Å². The number of ketones is 1. The monoisotopic (exact) mass is 238 g/mol. The number of Topliss-reactive ketones (excluding diaryl/α,β-unsaturated/α-hetero) is 1. The van der Waals surface area contributed by atoms with Crippen LogP contribution in [0.5, 0.6) is 0 Å². The third kappa shape index (κ3) is 3.17. The van der Waals surface area contributed by atoms with E-state index in [9.17, 15) is 14.4 Å². The van der Waals surface area contributed by atoms with Crippen molar-refractivity contribution in [2.45, 2.75) is 6.92 Å². The first-order chi connectivity index (χ1) is 7.95. The lowest BCUT2D eigenvalue weighted by Crippen LogP contribution is -2.31. The zero-order valence-corrected chi connectivity index (χ0v) is 9.94. The molecule has 1 aromatic rings. The number of carbonyl (C=O) groups is 3. The number of carbonyl (C=O) groups excluding carboxylic acids is 3. The molecule has 1 heterocycles. The number of aryl methyl sites for hydroxylation is 1. The predicted molar refractivity (Wildman–Crippen MR) is 59.8 cm³/mol. The summed E-state index contributed by atoms with van der Waals surface area (Å²) in [7, 11) is 2.89. The van der Waals surface area contributed by atoms with E-state index >= 15 is 0 Å². The second-order valence-electron chi connectivity index (χ2n) is 3.54. The van der Waals surface area contributed by atoms with Crippen LogP contribution in [0.15, 0.2) is 12.3 Å². The second kappa shape index (κ2) is 5.29. The first kappa shape index (κ1) is 13.0. The van der Waals surface area contributed by atoms with Gasteiger partial charge in [0.15, 0.2) is 5.78 Å². The Kier molecular flexibility index (Phi) is 4.03. The third-order valence-corrected chi connectivity index (χ3v) is 2.27. The first-order valence-corrected chi connectivity index (χ1v) is 4.98. The molecule has 1 rings (SSSR count). The van der Waals surface area contributed by atoms with Gasteiger partial charge in [0.25, 0.3) is 5.91 Å². The molecule has 6 heteroatoms. The number of nitrogens with one attached hydrogen (secondary N) is 1. The molecule has 0 saturated carbocycles. The van der Waals surface area contributed by atoms with Crippen LogP contribution in [-0.4, -0.2) is 35.9 Å². The molecular formula is C11H14N2O4. The van der Waals surface area contributed by atoms with E-state index in [2.05, 4.69) is 10.1 Å². The highest BCUT2D eigenvalue weighted by Crippen LogP contribution is 2.07. The molecule has 1 amide bonds. The van der Waals surface area contributed by atoms with Gasteiger partial charge in [-0.05, 0) is 13.0 Å². The summed E-state index contributed by atoms with van der Waals surface area (Å²) in [5.74, 6) is -1.07. The predicted octanol–water partition coefficient (Wildman–Crippen LogP) is 0.130. The average Bonchev–Trinajstić information content (AvgIpc) is 2.68. The van der Waals surface area contributed by atoms with Crippen LogP contribution < -0.4 is 5.32 Å². The molecule has 0 aliphatic rings. The highest BCUT2D eigenvalue weighted by Gasteiger charge is 2.14. The summed E-state index contributed by atoms with van der Waals surface area (Å²) in [5.41, 5.74) is 0.773. The Bertz CT molecular complexity index is 462. The topological polar surface area (TPSA) is 77.4 Å². The van der Waals surface area contributed by atoms with Gasteiger partial charge in [-0.3, -0.25) is 14.4 Å². The molecule has 0 spiro atoms. The summed E-state index contributed by atoms with van der Waals surface area (Å²) in [6.45, 7) is 1.22. The summed E-state index contributed by atoms with van der Waals surface area (Å²) >= 11 is 0. The molecule has 0 saturated heterocycles. The van der Waals surface area contributed by atoms with E-state index in [1.54, 1.807) is 13.2 Å². The highest BCUT2D eigenvalue weighted by molar-refractivity contribution is 6.00. The number of methoxy groups -OCH3 is 1. The molecule has 0 aliphatic carbocycles. The van der Waals surface area contributed by atoms with Gasteiger partial charge in [-0.2, -0.15) is 0 Å². The zero-order valence-electron chi connectivity index (χ0n) is 9.94. The van der Waals surface area contributed by atoms with Crippen LogP contribution in [0, 0.1) is 0 Å². The van der Waals surface area contributed by atoms with Crippen LogP contribution in [-0.2, 0) is 16.6 Å². The van der Waals surface area contributed by atoms with Crippen LogP contribution >= 0.6 is 0 Å². The molecule has 6 nitrogen and oxygen atoms in total. The molecule has 0 fully saturated rings. The van der Waals surface area contributed by atoms with Crippen molar-refractivity contribution in [2.75, 3.05) is 13.7 Å². The summed E-state index contributed by atoms with van der Waals surface area (Å²) in [6, 6.07) is 1.48. The molecule has 17 heavy (non-hydrogen) atoms. The number of amides is 1. The van der Waals surface area contributed by atoms with Crippen LogP contribution in [0.25, 0.3) is 0 Å². The molecule has 0 unspecified atom stereocenters. The van der Waals surface area contributed by atoms with Gasteiger partial charge in [0.1, 0.15) is 12.2 Å². The molecule has 92 valence electrons. The number of esters is 1. The standard InChI is InChI=1S/C11H14N2O4/c1-7(14)8-4-9(13(2)6-8)11(16)12-5-10(15)17-3/h4,6H,5H2,1-3H3,(H,12,16). The number of rotatable bonds is 4. The van der Waals surface area contributed by atoms with Crippen LogP contribution in [0.3, 0.4) is 0 Å². The molecule has 0 aromatic carbocycles. The number of ether oxygens (including phenoxy) is 1. The summed E-state index contributed by atoms with van der Waals surface area (Å²) < 4.78 is 5.93. The van der Waals surface area contributed by atoms with E-state index < -0.39 is 11.9 Å². The van der Waals surface area contributed by atoms with Crippen LogP contribution in [0.1, 0.15) is 27.8 Å². The number of nitrogens with zero attached hydrogens (tertiary/aromatic N) is 1. The Hall–Kier alpha value is -2.11. The van der Waals surface area contributed by atoms with Gasteiger partial charge < -0.3 is 14.6 Å². The third-order valence-electron chi connectivity index (χ3n) is 2.27. The lowest BCUT2D eigenvalue weighted by molar-refractivity contribution is -0.139. The highest BCUT2D eigenvalue weighted by atomic mass is 16.5. The summed E-state index contributed by atoms with van der Waals surface area (Å²) in [6.07, 6.45) is 1.56. The molecule has 0 bridgehead atoms. The zero-order chi connectivity index (χ0) is 13.0. The maximum absolute atomic E-state index is 11.7. The van der Waals surface area contributed by atoms with Gasteiger partial charge in [0.2, 0.25) is 0 Å². The van der Waals surface area contributed by atoms with E-state index in [1.165, 1.54) is 24.7 Å². The lowest BCUT2D eigenvalue weighted by Gasteiger charge is -2.04. The smallest absolute Gasteiger partial charge is 0.325 e. The Balaban J connectivity index is 2.75. The van der Waals surface area contributed by atoms with Gasteiger partial charge in [-0.25, -0.2) is 0 Å². The van der Waals surface area contributed by atoms with Crippen molar-refractivity contribution in [2.24, 2.45) is 7.05 Å². The van der Waals surface area contributed by atoms with Crippen molar-refractivity contribution >= 4 is 17.7 Å². The number of hydrogen-bond acceptors (Lipinski definition) is 4. The largest absolute Gasteiger partial charge is 0.468 e. The number of hydrogen-bond donors (Lipinski definition) is 1. The fourth-order valence-corrected chi connectivity index (χ4v) is 1.30. The van der Waals surface area contributed by atoms with Crippen molar-refractivity contribution in [3.8, 4) is 0 Å². The Morgan fingerprint density at radius 2 is 2.06 bits per heavy atom. The van der Waals surface area contributed by atoms with Gasteiger partial charge >= 0.3 is 5.97 Å². The van der Waals surface area contributed by atoms with Crippen molar-refractivity contribution in [3.05, 3.63) is 23.5 Å². The maximum Gasteiger partial charge on any atom is 0.325 e. The summed E-state index contributed by atoms with van der Waals surface area (Å²) in [5, 5.41) is 2.40. The first-order valence-electron chi connectivity index (χ1n) is 4.98. The van der Waals surface area contributed by atoms with Gasteiger partial charge in [-0.1, -0.05) is 0 Å². The van der Waals surface area contributed by atoms with E-state index in [1.807, 2.05) is 0 Å². The van der Waals surface area contributed by atoms with Gasteiger partial charge in [0, 0.05) is 18.8 Å². The molecule has 0 atom stereocenters. The molecule has 0 aliphatic heterocycles. The van der Waals surface area contributed by atoms with E-state index in [0.717, 1.165) is 0 Å². The van der Waals surface area contributed by atoms with E-state index in [0.29, 0.717) is 11.3 Å². The average molecular weight is 238 g/mol. The fraction of sp³-hybridized carbons (Fsp3) is 0.364. The van der Waals surface area contributed by atoms with Gasteiger partial charge in [-0.15, -0.1) is 0 Å². The van der Waals surface area contributed by atoms with Crippen LogP contribution in [0.4, 0.5) is 0 Å². The molecular weight excluding hydrogens is 224 g/mol. The minimum atomic E-state index is -0.528. The Morgan fingerprint density at radius 3 is 2.53 bits per heavy atom. The lowest BCUT2D eigenvalue weighted by atomic mass is 10.2. The molecule has 1 N–H and O–H groups in total. The minimum absolute atomic E-state index is 0.118. The van der Waals surface area contributed by atoms with Crippen molar-refractivity contribution in [1.82, 2.24) is 9.88 Å². The Morgan fingerprint density at radius 1 is 1.41 bits per heavy atom. The van der Waals surface area contributed by atoms with Crippen molar-refractivity contribution in [1.29, 1.82) is 0 Å². The quantitative estimate of drug-likeness (QED) is 0.597. The minimum Gasteiger partial charge on any atom is -0.468 e. The second-order valence-corrected chi connectivity index (χ2v) is 3.54. The number of aromatic nitrogens is 1.